The molecule has 0 aliphatic carbocycles. The zero-order chi connectivity index (χ0) is 10.6. The monoisotopic (exact) mass is 228 g/mol. The number of rotatable bonds is 3. The molecule has 0 saturated carbocycles. The van der Waals surface area contributed by atoms with Crippen LogP contribution in [0.2, 0.25) is 10.0 Å². The van der Waals surface area contributed by atoms with Crippen molar-refractivity contribution in [1.29, 1.82) is 0 Å². The lowest BCUT2D eigenvalue weighted by atomic mass is 10.1. The summed E-state index contributed by atoms with van der Waals surface area (Å²) in [5.74, 6) is 2.40. The van der Waals surface area contributed by atoms with Gasteiger partial charge in [0.25, 0.3) is 0 Å². The van der Waals surface area contributed by atoms with Crippen LogP contribution >= 0.6 is 23.2 Å². The molecule has 1 atom stereocenters. The van der Waals surface area contributed by atoms with Gasteiger partial charge in [0.05, 0.1) is 6.10 Å². The molecule has 74 valence electrons. The van der Waals surface area contributed by atoms with Gasteiger partial charge in [-0.05, 0) is 17.7 Å². The minimum atomic E-state index is -0.543. The highest BCUT2D eigenvalue weighted by molar-refractivity contribution is 6.35. The summed E-state index contributed by atoms with van der Waals surface area (Å²) < 4.78 is 0. The normalized spacial score (nSPS) is 12.1. The fourth-order valence-electron chi connectivity index (χ4n) is 1.15. The van der Waals surface area contributed by atoms with Gasteiger partial charge in [-0.3, -0.25) is 0 Å². The van der Waals surface area contributed by atoms with Crippen LogP contribution in [0.15, 0.2) is 18.2 Å². The van der Waals surface area contributed by atoms with Crippen molar-refractivity contribution in [2.24, 2.45) is 0 Å². The Morgan fingerprint density at radius 3 is 2.71 bits per heavy atom. The van der Waals surface area contributed by atoms with Crippen molar-refractivity contribution in [3.63, 3.8) is 0 Å². The molecule has 0 aliphatic heterocycles. The quantitative estimate of drug-likeness (QED) is 0.790. The van der Waals surface area contributed by atoms with E-state index in [1.807, 2.05) is 0 Å². The predicted octanol–water partition coefficient (Wildman–Crippen LogP) is 2.92. The van der Waals surface area contributed by atoms with Gasteiger partial charge in [0.15, 0.2) is 0 Å². The van der Waals surface area contributed by atoms with Crippen LogP contribution in [-0.2, 0) is 6.42 Å². The Kier molecular flexibility index (Phi) is 4.28. The van der Waals surface area contributed by atoms with Gasteiger partial charge < -0.3 is 5.11 Å². The number of hydrogen-bond donors (Lipinski definition) is 1. The predicted molar refractivity (Wildman–Crippen MR) is 59.6 cm³/mol. The van der Waals surface area contributed by atoms with Gasteiger partial charge in [-0.1, -0.05) is 29.3 Å². The van der Waals surface area contributed by atoms with Gasteiger partial charge in [-0.15, -0.1) is 12.3 Å². The number of hydrogen-bond acceptors (Lipinski definition) is 1. The van der Waals surface area contributed by atoms with Crippen molar-refractivity contribution in [2.45, 2.75) is 18.9 Å². The molecule has 1 aromatic carbocycles. The van der Waals surface area contributed by atoms with Gasteiger partial charge in [-0.25, -0.2) is 0 Å². The van der Waals surface area contributed by atoms with Crippen LogP contribution in [0.4, 0.5) is 0 Å². The maximum absolute atomic E-state index is 9.46. The van der Waals surface area contributed by atoms with E-state index in [0.717, 1.165) is 5.56 Å². The van der Waals surface area contributed by atoms with E-state index in [0.29, 0.717) is 22.9 Å². The molecule has 0 bridgehead atoms. The molecule has 1 rings (SSSR count). The number of halogens is 2. The van der Waals surface area contributed by atoms with Crippen LogP contribution in [0.3, 0.4) is 0 Å². The molecule has 0 spiro atoms. The zero-order valence-corrected chi connectivity index (χ0v) is 9.02. The molecular formula is C11H10Cl2O. The molecule has 0 fully saturated rings. The minimum Gasteiger partial charge on any atom is -0.392 e. The van der Waals surface area contributed by atoms with Crippen LogP contribution < -0.4 is 0 Å². The van der Waals surface area contributed by atoms with Crippen LogP contribution in [0.1, 0.15) is 12.0 Å². The molecule has 1 N–H and O–H groups in total. The van der Waals surface area contributed by atoms with Gasteiger partial charge in [0.2, 0.25) is 0 Å². The van der Waals surface area contributed by atoms with E-state index in [4.69, 9.17) is 29.6 Å². The number of terminal acetylenes is 1. The highest BCUT2D eigenvalue weighted by atomic mass is 35.5. The molecule has 0 aliphatic rings. The zero-order valence-electron chi connectivity index (χ0n) is 7.50. The first-order valence-electron chi connectivity index (χ1n) is 4.19. The second kappa shape index (κ2) is 5.26. The smallest absolute Gasteiger partial charge is 0.0690 e. The number of aliphatic hydroxyl groups is 1. The second-order valence-corrected chi connectivity index (χ2v) is 3.85. The fourth-order valence-corrected chi connectivity index (χ4v) is 1.63. The maximum atomic E-state index is 9.46. The summed E-state index contributed by atoms with van der Waals surface area (Å²) >= 11 is 11.7. The molecular weight excluding hydrogens is 219 g/mol. The highest BCUT2D eigenvalue weighted by Crippen LogP contribution is 2.22. The molecule has 0 heterocycles. The van der Waals surface area contributed by atoms with Crippen molar-refractivity contribution >= 4 is 23.2 Å². The lowest BCUT2D eigenvalue weighted by molar-refractivity contribution is 0.181. The van der Waals surface area contributed by atoms with Gasteiger partial charge in [0.1, 0.15) is 0 Å². The summed E-state index contributed by atoms with van der Waals surface area (Å²) in [4.78, 5) is 0. The molecule has 1 aromatic rings. The first kappa shape index (κ1) is 11.4. The van der Waals surface area contributed by atoms with E-state index in [-0.39, 0.29) is 0 Å². The van der Waals surface area contributed by atoms with E-state index >= 15 is 0 Å². The molecule has 14 heavy (non-hydrogen) atoms. The Morgan fingerprint density at radius 2 is 2.14 bits per heavy atom. The van der Waals surface area contributed by atoms with Crippen molar-refractivity contribution in [2.75, 3.05) is 0 Å². The van der Waals surface area contributed by atoms with Crippen molar-refractivity contribution in [3.8, 4) is 12.3 Å². The largest absolute Gasteiger partial charge is 0.392 e. The highest BCUT2D eigenvalue weighted by Gasteiger charge is 2.07. The summed E-state index contributed by atoms with van der Waals surface area (Å²) in [6.45, 7) is 0. The molecule has 3 heteroatoms. The Morgan fingerprint density at radius 1 is 1.43 bits per heavy atom. The van der Waals surface area contributed by atoms with E-state index in [2.05, 4.69) is 5.92 Å². The van der Waals surface area contributed by atoms with E-state index < -0.39 is 6.10 Å². The summed E-state index contributed by atoms with van der Waals surface area (Å²) in [7, 11) is 0. The summed E-state index contributed by atoms with van der Waals surface area (Å²) in [5.41, 5.74) is 0.860. The van der Waals surface area contributed by atoms with E-state index in [1.165, 1.54) is 0 Å². The maximum Gasteiger partial charge on any atom is 0.0690 e. The third kappa shape index (κ3) is 3.23. The van der Waals surface area contributed by atoms with E-state index in [9.17, 15) is 5.11 Å². The van der Waals surface area contributed by atoms with Gasteiger partial charge in [-0.2, -0.15) is 0 Å². The Hall–Kier alpha value is -0.680. The van der Waals surface area contributed by atoms with Gasteiger partial charge in [0, 0.05) is 22.9 Å². The first-order chi connectivity index (χ1) is 6.63. The minimum absolute atomic E-state index is 0.332. The van der Waals surface area contributed by atoms with Crippen molar-refractivity contribution in [1.82, 2.24) is 0 Å². The fraction of sp³-hybridized carbons (Fsp3) is 0.273. The molecule has 1 nitrogen and oxygen atoms in total. The Labute approximate surface area is 93.7 Å². The summed E-state index contributed by atoms with van der Waals surface area (Å²) in [5, 5.41) is 10.6. The SMILES string of the molecule is C#CCC(O)Cc1ccc(Cl)cc1Cl. The molecule has 0 aromatic heterocycles. The number of benzene rings is 1. The van der Waals surface area contributed by atoms with Crippen LogP contribution in [0.5, 0.6) is 0 Å². The van der Waals surface area contributed by atoms with Crippen molar-refractivity contribution in [3.05, 3.63) is 33.8 Å². The third-order valence-corrected chi connectivity index (χ3v) is 2.41. The number of aliphatic hydroxyl groups excluding tert-OH is 1. The summed E-state index contributed by atoms with van der Waals surface area (Å²) in [6.07, 6.45) is 5.33. The standard InChI is InChI=1S/C11H10Cl2O/c1-2-3-10(14)6-8-4-5-9(12)7-11(8)13/h1,4-5,7,10,14H,3,6H2. The molecule has 0 amide bonds. The van der Waals surface area contributed by atoms with Crippen LogP contribution in [0.25, 0.3) is 0 Å². The first-order valence-corrected chi connectivity index (χ1v) is 4.94. The molecule has 0 saturated heterocycles. The lowest BCUT2D eigenvalue weighted by Crippen LogP contribution is -2.09. The topological polar surface area (TPSA) is 20.2 Å². The van der Waals surface area contributed by atoms with Crippen LogP contribution in [-0.4, -0.2) is 11.2 Å². The molecule has 0 radical (unpaired) electrons. The third-order valence-electron chi connectivity index (χ3n) is 1.82. The van der Waals surface area contributed by atoms with Gasteiger partial charge >= 0.3 is 0 Å². The van der Waals surface area contributed by atoms with Crippen molar-refractivity contribution < 1.29 is 5.11 Å². The Bertz CT molecular complexity index is 355. The second-order valence-electron chi connectivity index (χ2n) is 3.00. The lowest BCUT2D eigenvalue weighted by Gasteiger charge is -2.08. The average Bonchev–Trinajstić information content (AvgIpc) is 2.10. The Balaban J connectivity index is 2.73. The summed E-state index contributed by atoms with van der Waals surface area (Å²) in [6, 6.07) is 5.19. The molecule has 1 unspecified atom stereocenters. The van der Waals surface area contributed by atoms with E-state index in [1.54, 1.807) is 18.2 Å². The average molecular weight is 229 g/mol. The van der Waals surface area contributed by atoms with Crippen LogP contribution in [0, 0.1) is 12.3 Å².